The first-order chi connectivity index (χ1) is 31.6. The standard InChI is InChI=1S/C46H42Cl4N8O8/c1-5-65-41-37(53-45(63)39(25(3)59)57-55-33-19-29(17-31(49)21-33)43(61)51-35-13-9-7-11-27(35)23-47)15-16-38(42(41)66-6-2)54-46(64)40(26(4)60)58-56-34-20-30(18-32(50)22-34)44(62)52-36-14-10-8-12-28(36)24-48/h7-22,39-40H,5-6,23-24H2,1-4H3,(H,51,61)(H,52,62)(H,53,63)(H,54,64). The van der Waals surface area contributed by atoms with Crippen molar-refractivity contribution in [2.45, 2.75) is 51.5 Å². The second kappa shape index (κ2) is 24.0. The summed E-state index contributed by atoms with van der Waals surface area (Å²) >= 11 is 24.7. The molecule has 0 spiro atoms. The van der Waals surface area contributed by atoms with Crippen LogP contribution in [-0.4, -0.2) is 60.5 Å². The van der Waals surface area contributed by atoms with Gasteiger partial charge >= 0.3 is 0 Å². The minimum Gasteiger partial charge on any atom is -0.488 e. The highest BCUT2D eigenvalue weighted by Crippen LogP contribution is 2.42. The second-order valence-corrected chi connectivity index (χ2v) is 15.4. The highest BCUT2D eigenvalue weighted by Gasteiger charge is 2.29. The zero-order valence-corrected chi connectivity index (χ0v) is 38.8. The Balaban J connectivity index is 1.35. The van der Waals surface area contributed by atoms with E-state index >= 15 is 0 Å². The summed E-state index contributed by atoms with van der Waals surface area (Å²) in [6.07, 6.45) is 0. The van der Waals surface area contributed by atoms with E-state index in [0.29, 0.717) is 22.5 Å². The summed E-state index contributed by atoms with van der Waals surface area (Å²) in [5, 5.41) is 27.2. The zero-order chi connectivity index (χ0) is 47.9. The van der Waals surface area contributed by atoms with Crippen LogP contribution in [0, 0.1) is 0 Å². The van der Waals surface area contributed by atoms with Crippen molar-refractivity contribution in [2.24, 2.45) is 20.5 Å². The number of halogens is 4. The fraction of sp³-hybridized carbons (Fsp3) is 0.217. The number of anilines is 4. The predicted molar refractivity (Wildman–Crippen MR) is 255 cm³/mol. The normalized spacial score (nSPS) is 12.0. The molecule has 4 amide bonds. The SMILES string of the molecule is CCOc1c(NC(=O)C(N=Nc2cc(Cl)cc(C(=O)Nc3ccccc3CCl)c2)C(C)=O)ccc(NC(=O)C(N=Nc2cc(Cl)cc(C(=O)Nc3ccccc3CCl)c2)C(C)=O)c1OCC. The Morgan fingerprint density at radius 2 is 0.909 bits per heavy atom. The van der Waals surface area contributed by atoms with Crippen LogP contribution in [-0.2, 0) is 30.9 Å². The highest BCUT2D eigenvalue weighted by molar-refractivity contribution is 6.32. The maximum absolute atomic E-state index is 13.7. The number of nitrogens with zero attached hydrogens (tertiary/aromatic N) is 4. The number of carbonyl (C=O) groups is 6. The van der Waals surface area contributed by atoms with E-state index in [1.165, 1.54) is 48.5 Å². The molecule has 0 aliphatic heterocycles. The van der Waals surface area contributed by atoms with Crippen LogP contribution in [0.3, 0.4) is 0 Å². The lowest BCUT2D eigenvalue weighted by atomic mass is 10.1. The molecule has 0 aliphatic carbocycles. The van der Waals surface area contributed by atoms with Gasteiger partial charge in [0.1, 0.15) is 0 Å². The van der Waals surface area contributed by atoms with Gasteiger partial charge in [-0.3, -0.25) is 28.8 Å². The number of amides is 4. The Morgan fingerprint density at radius 1 is 0.530 bits per heavy atom. The van der Waals surface area contributed by atoms with Crippen LogP contribution < -0.4 is 30.7 Å². The molecule has 0 saturated carbocycles. The number of para-hydroxylation sites is 2. The Hall–Kier alpha value is -6.72. The van der Waals surface area contributed by atoms with E-state index in [4.69, 9.17) is 55.9 Å². The van der Waals surface area contributed by atoms with Gasteiger partial charge in [-0.25, -0.2) is 0 Å². The number of hydrogen-bond donors (Lipinski definition) is 4. The average molecular weight is 977 g/mol. The maximum atomic E-state index is 13.7. The molecule has 0 radical (unpaired) electrons. The van der Waals surface area contributed by atoms with Gasteiger partial charge < -0.3 is 30.7 Å². The number of alkyl halides is 2. The zero-order valence-electron chi connectivity index (χ0n) is 35.8. The minimum absolute atomic E-state index is 0.0228. The van der Waals surface area contributed by atoms with Crippen molar-refractivity contribution >= 4 is 116 Å². The number of Topliss-reactive ketones (excluding diaryl/α,β-unsaturated/α-hetero) is 2. The van der Waals surface area contributed by atoms with Gasteiger partial charge in [0, 0.05) is 44.3 Å². The summed E-state index contributed by atoms with van der Waals surface area (Å²) in [4.78, 5) is 79.2. The smallest absolute Gasteiger partial charge is 0.258 e. The van der Waals surface area contributed by atoms with Gasteiger partial charge in [0.15, 0.2) is 23.1 Å². The van der Waals surface area contributed by atoms with Crippen molar-refractivity contribution in [1.82, 2.24) is 0 Å². The van der Waals surface area contributed by atoms with Gasteiger partial charge in [0.25, 0.3) is 23.6 Å². The first kappa shape index (κ1) is 50.3. The van der Waals surface area contributed by atoms with Crippen molar-refractivity contribution in [1.29, 1.82) is 0 Å². The maximum Gasteiger partial charge on any atom is 0.258 e. The lowest BCUT2D eigenvalue weighted by molar-refractivity contribution is -0.127. The number of hydrogen-bond acceptors (Lipinski definition) is 12. The van der Waals surface area contributed by atoms with E-state index < -0.39 is 47.3 Å². The van der Waals surface area contributed by atoms with Crippen LogP contribution in [0.2, 0.25) is 10.0 Å². The highest BCUT2D eigenvalue weighted by atomic mass is 35.5. The van der Waals surface area contributed by atoms with Crippen molar-refractivity contribution in [3.63, 3.8) is 0 Å². The summed E-state index contributed by atoms with van der Waals surface area (Å²) in [6, 6.07) is 21.8. The molecule has 0 heterocycles. The lowest BCUT2D eigenvalue weighted by Crippen LogP contribution is -2.32. The van der Waals surface area contributed by atoms with Crippen molar-refractivity contribution in [2.75, 3.05) is 34.5 Å². The third-order valence-electron chi connectivity index (χ3n) is 9.16. The van der Waals surface area contributed by atoms with Crippen LogP contribution in [0.1, 0.15) is 59.5 Å². The average Bonchev–Trinajstić information content (AvgIpc) is 3.28. The Labute approximate surface area is 399 Å². The molecule has 2 atom stereocenters. The molecule has 0 aliphatic rings. The summed E-state index contributed by atoms with van der Waals surface area (Å²) < 4.78 is 11.7. The number of carbonyl (C=O) groups excluding carboxylic acids is 6. The second-order valence-electron chi connectivity index (χ2n) is 14.0. The molecule has 4 N–H and O–H groups in total. The van der Waals surface area contributed by atoms with Crippen LogP contribution in [0.4, 0.5) is 34.1 Å². The number of ketones is 2. The van der Waals surface area contributed by atoms with Gasteiger partial charge in [0.2, 0.25) is 12.1 Å². The molecular weight excluding hydrogens is 934 g/mol. The Kier molecular flexibility index (Phi) is 18.3. The van der Waals surface area contributed by atoms with E-state index in [1.54, 1.807) is 62.4 Å². The van der Waals surface area contributed by atoms with Crippen molar-refractivity contribution in [3.05, 3.63) is 129 Å². The number of nitrogens with one attached hydrogen (secondary N) is 4. The number of ether oxygens (including phenoxy) is 2. The molecule has 342 valence electrons. The molecule has 0 fully saturated rings. The van der Waals surface area contributed by atoms with Gasteiger partial charge in [-0.15, -0.1) is 23.2 Å². The number of azo groups is 2. The van der Waals surface area contributed by atoms with Crippen LogP contribution in [0.5, 0.6) is 11.5 Å². The van der Waals surface area contributed by atoms with Gasteiger partial charge in [-0.1, -0.05) is 59.6 Å². The quantitative estimate of drug-likeness (QED) is 0.0333. The molecule has 5 aromatic rings. The molecular formula is C46H42Cl4N8O8. The van der Waals surface area contributed by atoms with E-state index in [1.807, 2.05) is 0 Å². The van der Waals surface area contributed by atoms with Crippen LogP contribution in [0.15, 0.2) is 118 Å². The molecule has 0 saturated heterocycles. The third-order valence-corrected chi connectivity index (χ3v) is 10.2. The molecule has 0 bridgehead atoms. The monoisotopic (exact) mass is 974 g/mol. The number of rotatable bonds is 20. The lowest BCUT2D eigenvalue weighted by Gasteiger charge is -2.20. The van der Waals surface area contributed by atoms with Gasteiger partial charge in [0.05, 0.1) is 36.0 Å². The van der Waals surface area contributed by atoms with E-state index in [-0.39, 0.29) is 80.4 Å². The topological polar surface area (TPSA) is 218 Å². The molecule has 2 unspecified atom stereocenters. The Morgan fingerprint density at radius 3 is 1.26 bits per heavy atom. The van der Waals surface area contributed by atoms with Gasteiger partial charge in [-0.05, 0) is 99.5 Å². The van der Waals surface area contributed by atoms with Crippen LogP contribution in [0.25, 0.3) is 0 Å². The molecule has 66 heavy (non-hydrogen) atoms. The summed E-state index contributed by atoms with van der Waals surface area (Å²) in [7, 11) is 0. The first-order valence-electron chi connectivity index (χ1n) is 20.0. The molecule has 5 rings (SSSR count). The number of benzene rings is 5. The van der Waals surface area contributed by atoms with E-state index in [2.05, 4.69) is 41.7 Å². The fourth-order valence-corrected chi connectivity index (χ4v) is 6.98. The first-order valence-corrected chi connectivity index (χ1v) is 21.9. The van der Waals surface area contributed by atoms with Crippen LogP contribution >= 0.6 is 46.4 Å². The fourth-order valence-electron chi connectivity index (χ4n) is 6.05. The Bertz CT molecular complexity index is 2530. The van der Waals surface area contributed by atoms with Crippen molar-refractivity contribution in [3.8, 4) is 11.5 Å². The molecule has 5 aromatic carbocycles. The molecule has 20 heteroatoms. The largest absolute Gasteiger partial charge is 0.488 e. The summed E-state index contributed by atoms with van der Waals surface area (Å²) in [5.74, 6) is -3.88. The molecule has 16 nitrogen and oxygen atoms in total. The van der Waals surface area contributed by atoms with Gasteiger partial charge in [-0.2, -0.15) is 20.5 Å². The van der Waals surface area contributed by atoms with Crippen molar-refractivity contribution < 1.29 is 38.2 Å². The minimum atomic E-state index is -1.67. The predicted octanol–water partition coefficient (Wildman–Crippen LogP) is 11.1. The van der Waals surface area contributed by atoms with E-state index in [9.17, 15) is 28.8 Å². The summed E-state index contributed by atoms with van der Waals surface area (Å²) in [5.41, 5.74) is 2.91. The molecule has 0 aromatic heterocycles. The summed E-state index contributed by atoms with van der Waals surface area (Å²) in [6.45, 7) is 5.78. The third kappa shape index (κ3) is 13.4. The van der Waals surface area contributed by atoms with E-state index in [0.717, 1.165) is 13.8 Å².